The lowest BCUT2D eigenvalue weighted by atomic mass is 10.0. The van der Waals surface area contributed by atoms with Crippen LogP contribution in [0.3, 0.4) is 0 Å². The molecule has 0 saturated carbocycles. The van der Waals surface area contributed by atoms with Gasteiger partial charge in [0.15, 0.2) is 0 Å². The summed E-state index contributed by atoms with van der Waals surface area (Å²) < 4.78 is 0. The summed E-state index contributed by atoms with van der Waals surface area (Å²) in [5.41, 5.74) is 4.90. The lowest BCUT2D eigenvalue weighted by molar-refractivity contribution is -0.114. The highest BCUT2D eigenvalue weighted by Gasteiger charge is 2.24. The van der Waals surface area contributed by atoms with Gasteiger partial charge in [-0.05, 0) is 30.3 Å². The Balaban J connectivity index is 1.56. The number of nitrogens with zero attached hydrogens (tertiary/aromatic N) is 1. The Labute approximate surface area is 145 Å². The van der Waals surface area contributed by atoms with E-state index in [9.17, 15) is 9.59 Å². The average Bonchev–Trinajstić information content (AvgIpc) is 2.99. The number of rotatable bonds is 2. The van der Waals surface area contributed by atoms with Gasteiger partial charge in [0.05, 0.1) is 0 Å². The number of amides is 2. The topological polar surface area (TPSA) is 65.2 Å². The van der Waals surface area contributed by atoms with Crippen molar-refractivity contribution in [3.63, 3.8) is 0 Å². The van der Waals surface area contributed by atoms with Crippen LogP contribution in [-0.2, 0) is 17.8 Å². The molecule has 3 aromatic rings. The van der Waals surface area contributed by atoms with Crippen molar-refractivity contribution in [1.82, 2.24) is 9.88 Å². The lowest BCUT2D eigenvalue weighted by Gasteiger charge is -2.27. The number of anilines is 1. The van der Waals surface area contributed by atoms with Crippen molar-refractivity contribution in [2.75, 3.05) is 11.9 Å². The van der Waals surface area contributed by atoms with E-state index in [1.165, 1.54) is 23.6 Å². The van der Waals surface area contributed by atoms with Crippen LogP contribution in [0.4, 0.5) is 5.69 Å². The Morgan fingerprint density at radius 1 is 1.08 bits per heavy atom. The highest BCUT2D eigenvalue weighted by molar-refractivity contribution is 5.96. The summed E-state index contributed by atoms with van der Waals surface area (Å²) >= 11 is 0. The van der Waals surface area contributed by atoms with Crippen LogP contribution in [0.5, 0.6) is 0 Å². The maximum Gasteiger partial charge on any atom is 0.254 e. The van der Waals surface area contributed by atoms with Gasteiger partial charge in [-0.1, -0.05) is 18.2 Å². The first kappa shape index (κ1) is 15.4. The standard InChI is InChI=1S/C20H19N3O2/c1-13(24)21-15-8-6-14(7-9-15)20(25)23-11-10-19-17(12-23)16-4-2-3-5-18(16)22-19/h2-9,22H,10-12H2,1H3,(H,21,24). The van der Waals surface area contributed by atoms with Gasteiger partial charge in [0, 0.05) is 59.8 Å². The molecule has 2 N–H and O–H groups in total. The molecule has 4 rings (SSSR count). The van der Waals surface area contributed by atoms with Gasteiger partial charge in [-0.15, -0.1) is 0 Å². The van der Waals surface area contributed by atoms with Crippen LogP contribution in [-0.4, -0.2) is 28.2 Å². The highest BCUT2D eigenvalue weighted by atomic mass is 16.2. The summed E-state index contributed by atoms with van der Waals surface area (Å²) in [5.74, 6) is -0.104. The summed E-state index contributed by atoms with van der Waals surface area (Å²) in [6, 6.07) is 15.3. The van der Waals surface area contributed by atoms with Gasteiger partial charge in [-0.2, -0.15) is 0 Å². The second kappa shape index (κ2) is 6.09. The van der Waals surface area contributed by atoms with Crippen molar-refractivity contribution >= 4 is 28.4 Å². The maximum absolute atomic E-state index is 12.8. The molecule has 0 fully saturated rings. The number of hydrogen-bond acceptors (Lipinski definition) is 2. The molecular formula is C20H19N3O2. The molecule has 0 atom stereocenters. The van der Waals surface area contributed by atoms with Gasteiger partial charge < -0.3 is 15.2 Å². The zero-order valence-electron chi connectivity index (χ0n) is 14.0. The van der Waals surface area contributed by atoms with E-state index in [1.807, 2.05) is 17.0 Å². The first-order valence-electron chi connectivity index (χ1n) is 8.37. The fraction of sp³-hybridized carbons (Fsp3) is 0.200. The van der Waals surface area contributed by atoms with E-state index < -0.39 is 0 Å². The molecule has 0 radical (unpaired) electrons. The molecule has 5 nitrogen and oxygen atoms in total. The Kier molecular flexibility index (Phi) is 3.76. The lowest BCUT2D eigenvalue weighted by Crippen LogP contribution is -2.35. The van der Waals surface area contributed by atoms with E-state index in [2.05, 4.69) is 22.4 Å². The molecule has 5 heteroatoms. The largest absolute Gasteiger partial charge is 0.358 e. The quantitative estimate of drug-likeness (QED) is 0.755. The molecule has 126 valence electrons. The second-order valence-corrected chi connectivity index (χ2v) is 6.36. The van der Waals surface area contributed by atoms with Crippen molar-refractivity contribution in [2.24, 2.45) is 0 Å². The van der Waals surface area contributed by atoms with E-state index in [4.69, 9.17) is 0 Å². The second-order valence-electron chi connectivity index (χ2n) is 6.36. The number of nitrogens with one attached hydrogen (secondary N) is 2. The number of aromatic nitrogens is 1. The summed E-state index contributed by atoms with van der Waals surface area (Å²) in [6.45, 7) is 2.78. The van der Waals surface area contributed by atoms with Crippen molar-refractivity contribution in [3.05, 3.63) is 65.4 Å². The third kappa shape index (κ3) is 2.89. The monoisotopic (exact) mass is 333 g/mol. The van der Waals surface area contributed by atoms with Gasteiger partial charge in [0.1, 0.15) is 0 Å². The van der Waals surface area contributed by atoms with E-state index in [0.29, 0.717) is 24.3 Å². The zero-order chi connectivity index (χ0) is 17.4. The zero-order valence-corrected chi connectivity index (χ0v) is 14.0. The fourth-order valence-electron chi connectivity index (χ4n) is 3.42. The van der Waals surface area contributed by atoms with Gasteiger partial charge in [0.2, 0.25) is 5.91 Å². The number of carbonyl (C=O) groups excluding carboxylic acids is 2. The van der Waals surface area contributed by atoms with Gasteiger partial charge >= 0.3 is 0 Å². The van der Waals surface area contributed by atoms with Crippen molar-refractivity contribution in [1.29, 1.82) is 0 Å². The van der Waals surface area contributed by atoms with Gasteiger partial charge in [0.25, 0.3) is 5.91 Å². The van der Waals surface area contributed by atoms with E-state index >= 15 is 0 Å². The van der Waals surface area contributed by atoms with Gasteiger partial charge in [-0.3, -0.25) is 9.59 Å². The maximum atomic E-state index is 12.8. The van der Waals surface area contributed by atoms with Crippen molar-refractivity contribution < 1.29 is 9.59 Å². The van der Waals surface area contributed by atoms with E-state index in [-0.39, 0.29) is 11.8 Å². The molecule has 0 unspecified atom stereocenters. The van der Waals surface area contributed by atoms with E-state index in [1.54, 1.807) is 24.3 Å². The summed E-state index contributed by atoms with van der Waals surface area (Å²) in [7, 11) is 0. The normalized spacial score (nSPS) is 13.6. The molecule has 2 aromatic carbocycles. The minimum atomic E-state index is -0.123. The van der Waals surface area contributed by atoms with Crippen LogP contribution < -0.4 is 5.32 Å². The Hall–Kier alpha value is -3.08. The average molecular weight is 333 g/mol. The molecule has 0 spiro atoms. The smallest absolute Gasteiger partial charge is 0.254 e. The highest BCUT2D eigenvalue weighted by Crippen LogP contribution is 2.28. The molecule has 0 saturated heterocycles. The fourth-order valence-corrected chi connectivity index (χ4v) is 3.42. The number of aromatic amines is 1. The SMILES string of the molecule is CC(=O)Nc1ccc(C(=O)N2CCc3[nH]c4ccccc4c3C2)cc1. The van der Waals surface area contributed by atoms with Crippen LogP contribution in [0.2, 0.25) is 0 Å². The number of benzene rings is 2. The minimum Gasteiger partial charge on any atom is -0.358 e. The summed E-state index contributed by atoms with van der Waals surface area (Å²) in [5, 5.41) is 3.90. The molecule has 1 aromatic heterocycles. The number of H-pyrrole nitrogens is 1. The molecule has 1 aliphatic rings. The molecule has 2 heterocycles. The Morgan fingerprint density at radius 2 is 1.84 bits per heavy atom. The van der Waals surface area contributed by atoms with Crippen molar-refractivity contribution in [3.8, 4) is 0 Å². The van der Waals surface area contributed by atoms with Crippen LogP contribution in [0, 0.1) is 0 Å². The first-order valence-corrected chi connectivity index (χ1v) is 8.37. The first-order chi connectivity index (χ1) is 12.1. The van der Waals surface area contributed by atoms with Crippen LogP contribution in [0.25, 0.3) is 10.9 Å². The molecule has 1 aliphatic heterocycles. The summed E-state index contributed by atoms with van der Waals surface area (Å²) in [6.07, 6.45) is 0.833. The molecular weight excluding hydrogens is 314 g/mol. The minimum absolute atomic E-state index is 0.0188. The molecule has 0 bridgehead atoms. The third-order valence-electron chi connectivity index (χ3n) is 4.62. The number of para-hydroxylation sites is 1. The number of hydrogen-bond donors (Lipinski definition) is 2. The predicted octanol–water partition coefficient (Wildman–Crippen LogP) is 3.32. The van der Waals surface area contributed by atoms with Crippen LogP contribution >= 0.6 is 0 Å². The predicted molar refractivity (Wildman–Crippen MR) is 97.5 cm³/mol. The van der Waals surface area contributed by atoms with Crippen molar-refractivity contribution in [2.45, 2.75) is 19.9 Å². The third-order valence-corrected chi connectivity index (χ3v) is 4.62. The van der Waals surface area contributed by atoms with Gasteiger partial charge in [-0.25, -0.2) is 0 Å². The molecule has 2 amide bonds. The number of fused-ring (bicyclic) bond motifs is 3. The molecule has 0 aliphatic carbocycles. The Morgan fingerprint density at radius 3 is 2.60 bits per heavy atom. The number of carbonyl (C=O) groups is 2. The van der Waals surface area contributed by atoms with Crippen LogP contribution in [0.15, 0.2) is 48.5 Å². The van der Waals surface area contributed by atoms with Crippen LogP contribution in [0.1, 0.15) is 28.5 Å². The van der Waals surface area contributed by atoms with E-state index in [0.717, 1.165) is 11.9 Å². The Bertz CT molecular complexity index is 957. The molecule has 25 heavy (non-hydrogen) atoms. The summed E-state index contributed by atoms with van der Waals surface area (Å²) in [4.78, 5) is 29.3.